The molecule has 3 rings (SSSR count). The highest BCUT2D eigenvalue weighted by atomic mass is 35.5. The zero-order valence-corrected chi connectivity index (χ0v) is 18.8. The Morgan fingerprint density at radius 2 is 1.58 bits per heavy atom. The van der Waals surface area contributed by atoms with Crippen LogP contribution in [-0.2, 0) is 21.4 Å². The van der Waals surface area contributed by atoms with E-state index in [1.165, 1.54) is 30.2 Å². The molecule has 0 aliphatic heterocycles. The molecule has 0 heterocycles. The smallest absolute Gasteiger partial charge is 0.243 e. The minimum atomic E-state index is -4.01. The fraction of sp³-hybridized carbons (Fsp3) is 0.174. The molecule has 1 amide bonds. The summed E-state index contributed by atoms with van der Waals surface area (Å²) in [6.07, 6.45) is 0. The van der Waals surface area contributed by atoms with Crippen molar-refractivity contribution in [3.05, 3.63) is 89.4 Å². The normalized spacial score (nSPS) is 11.4. The quantitative estimate of drug-likeness (QED) is 0.507. The van der Waals surface area contributed by atoms with E-state index >= 15 is 0 Å². The molecule has 0 aliphatic rings. The van der Waals surface area contributed by atoms with Crippen molar-refractivity contribution in [2.45, 2.75) is 11.4 Å². The van der Waals surface area contributed by atoms with Crippen molar-refractivity contribution < 1.29 is 17.9 Å². The average Bonchev–Trinajstić information content (AvgIpc) is 2.79. The first-order chi connectivity index (χ1) is 14.8. The number of anilines is 1. The molecule has 6 nitrogen and oxygen atoms in total. The fourth-order valence-electron chi connectivity index (χ4n) is 3.02. The Balaban J connectivity index is 1.94. The van der Waals surface area contributed by atoms with Gasteiger partial charge >= 0.3 is 0 Å². The molecule has 31 heavy (non-hydrogen) atoms. The molecule has 3 aromatic carbocycles. The number of nitrogens with zero attached hydrogens (tertiary/aromatic N) is 2. The van der Waals surface area contributed by atoms with Gasteiger partial charge in [-0.05, 0) is 35.9 Å². The number of amides is 1. The molecule has 8 heteroatoms. The summed E-state index contributed by atoms with van der Waals surface area (Å²) < 4.78 is 33.1. The lowest BCUT2D eigenvalue weighted by Gasteiger charge is -2.25. The molecule has 0 radical (unpaired) electrons. The number of sulfonamides is 1. The van der Waals surface area contributed by atoms with Crippen LogP contribution < -0.4 is 9.64 Å². The highest BCUT2D eigenvalue weighted by Gasteiger charge is 2.29. The van der Waals surface area contributed by atoms with Crippen LogP contribution >= 0.6 is 11.6 Å². The second-order valence-electron chi connectivity index (χ2n) is 6.84. The molecule has 0 aliphatic carbocycles. The fourth-order valence-corrected chi connectivity index (χ4v) is 4.75. The molecule has 162 valence electrons. The number of carbonyl (C=O) groups is 1. The molecule has 0 aromatic heterocycles. The zero-order valence-electron chi connectivity index (χ0n) is 17.2. The molecule has 3 aromatic rings. The maximum Gasteiger partial charge on any atom is 0.243 e. The topological polar surface area (TPSA) is 66.9 Å². The molecule has 0 N–H and O–H groups in total. The van der Waals surface area contributed by atoms with Crippen molar-refractivity contribution in [2.24, 2.45) is 0 Å². The van der Waals surface area contributed by atoms with Gasteiger partial charge in [0.15, 0.2) is 0 Å². The van der Waals surface area contributed by atoms with E-state index in [0.29, 0.717) is 11.4 Å². The Hall–Kier alpha value is -2.87. The van der Waals surface area contributed by atoms with Crippen LogP contribution in [0.5, 0.6) is 5.75 Å². The SMILES string of the molecule is COc1ccc(S(=O)(=O)N(CC(=O)N(C)c2ccccc2)Cc2ccccc2)cc1Cl. The Bertz CT molecular complexity index is 1140. The maximum atomic E-state index is 13.4. The summed E-state index contributed by atoms with van der Waals surface area (Å²) in [4.78, 5) is 14.4. The van der Waals surface area contributed by atoms with Crippen molar-refractivity contribution in [3.63, 3.8) is 0 Å². The van der Waals surface area contributed by atoms with Crippen molar-refractivity contribution in [1.82, 2.24) is 4.31 Å². The van der Waals surface area contributed by atoms with Gasteiger partial charge in [0.05, 0.1) is 23.6 Å². The third-order valence-electron chi connectivity index (χ3n) is 4.79. The molecule has 0 atom stereocenters. The zero-order chi connectivity index (χ0) is 22.4. The van der Waals surface area contributed by atoms with Gasteiger partial charge in [0.2, 0.25) is 15.9 Å². The van der Waals surface area contributed by atoms with Gasteiger partial charge in [-0.2, -0.15) is 4.31 Å². The van der Waals surface area contributed by atoms with E-state index in [1.807, 2.05) is 48.5 Å². The van der Waals surface area contributed by atoms with E-state index in [2.05, 4.69) is 0 Å². The number of rotatable bonds is 8. The number of methoxy groups -OCH3 is 1. The Labute approximate surface area is 187 Å². The van der Waals surface area contributed by atoms with E-state index in [4.69, 9.17) is 16.3 Å². The van der Waals surface area contributed by atoms with Gasteiger partial charge in [-0.15, -0.1) is 0 Å². The molecule has 0 fully saturated rings. The molecule has 0 saturated carbocycles. The number of hydrogen-bond donors (Lipinski definition) is 0. The number of carbonyl (C=O) groups excluding carboxylic acids is 1. The van der Waals surface area contributed by atoms with E-state index < -0.39 is 10.0 Å². The molecule has 0 unspecified atom stereocenters. The van der Waals surface area contributed by atoms with Gasteiger partial charge < -0.3 is 9.64 Å². The van der Waals surface area contributed by atoms with E-state index in [9.17, 15) is 13.2 Å². The Morgan fingerprint density at radius 1 is 0.968 bits per heavy atom. The molecular weight excluding hydrogens is 436 g/mol. The predicted molar refractivity (Wildman–Crippen MR) is 122 cm³/mol. The van der Waals surface area contributed by atoms with Gasteiger partial charge in [-0.3, -0.25) is 4.79 Å². The summed E-state index contributed by atoms with van der Waals surface area (Å²) in [7, 11) is -0.938. The van der Waals surface area contributed by atoms with Crippen molar-refractivity contribution >= 4 is 33.2 Å². The summed E-state index contributed by atoms with van der Waals surface area (Å²) in [5, 5.41) is 0.177. The lowest BCUT2D eigenvalue weighted by molar-refractivity contribution is -0.118. The number of benzene rings is 3. The summed E-state index contributed by atoms with van der Waals surface area (Å²) in [6, 6.07) is 22.4. The highest BCUT2D eigenvalue weighted by Crippen LogP contribution is 2.29. The van der Waals surface area contributed by atoms with Crippen LogP contribution in [-0.4, -0.2) is 39.3 Å². The third kappa shape index (κ3) is 5.44. The summed E-state index contributed by atoms with van der Waals surface area (Å²) >= 11 is 6.15. The Morgan fingerprint density at radius 3 is 2.16 bits per heavy atom. The summed E-state index contributed by atoms with van der Waals surface area (Å²) in [5.74, 6) is 0.0143. The lowest BCUT2D eigenvalue weighted by Crippen LogP contribution is -2.41. The maximum absolute atomic E-state index is 13.4. The number of halogens is 1. The largest absolute Gasteiger partial charge is 0.495 e. The number of likely N-dealkylation sites (N-methyl/N-ethyl adjacent to an activating group) is 1. The van der Waals surface area contributed by atoms with Crippen molar-refractivity contribution in [1.29, 1.82) is 0 Å². The molecule has 0 bridgehead atoms. The number of para-hydroxylation sites is 1. The third-order valence-corrected chi connectivity index (χ3v) is 6.88. The van der Waals surface area contributed by atoms with Crippen LogP contribution in [0.2, 0.25) is 5.02 Å². The lowest BCUT2D eigenvalue weighted by atomic mass is 10.2. The van der Waals surface area contributed by atoms with E-state index in [0.717, 1.165) is 9.87 Å². The monoisotopic (exact) mass is 458 g/mol. The van der Waals surface area contributed by atoms with Crippen LogP contribution in [0.4, 0.5) is 5.69 Å². The second-order valence-corrected chi connectivity index (χ2v) is 9.19. The van der Waals surface area contributed by atoms with Crippen LogP contribution in [0.1, 0.15) is 5.56 Å². The van der Waals surface area contributed by atoms with Gasteiger partial charge in [-0.25, -0.2) is 8.42 Å². The first-order valence-electron chi connectivity index (χ1n) is 9.52. The Kier molecular flexibility index (Phi) is 7.33. The van der Waals surface area contributed by atoms with Crippen molar-refractivity contribution in [2.75, 3.05) is 25.6 Å². The minimum absolute atomic E-state index is 0.00982. The van der Waals surface area contributed by atoms with Gasteiger partial charge in [0.1, 0.15) is 5.75 Å². The van der Waals surface area contributed by atoms with Gasteiger partial charge in [0, 0.05) is 19.3 Å². The first kappa shape index (κ1) is 22.8. The van der Waals surface area contributed by atoms with Crippen LogP contribution in [0.15, 0.2) is 83.8 Å². The van der Waals surface area contributed by atoms with Gasteiger partial charge in [0.25, 0.3) is 0 Å². The standard InChI is InChI=1S/C23H23ClN2O4S/c1-25(19-11-7-4-8-12-19)23(27)17-26(16-18-9-5-3-6-10-18)31(28,29)20-13-14-22(30-2)21(24)15-20/h3-15H,16-17H2,1-2H3. The highest BCUT2D eigenvalue weighted by molar-refractivity contribution is 7.89. The second kappa shape index (κ2) is 9.96. The average molecular weight is 459 g/mol. The number of hydrogen-bond acceptors (Lipinski definition) is 4. The molecule has 0 saturated heterocycles. The number of ether oxygens (including phenoxy) is 1. The van der Waals surface area contributed by atoms with Crippen molar-refractivity contribution in [3.8, 4) is 5.75 Å². The van der Waals surface area contributed by atoms with E-state index in [1.54, 1.807) is 19.2 Å². The summed E-state index contributed by atoms with van der Waals surface area (Å²) in [5.41, 5.74) is 1.44. The first-order valence-corrected chi connectivity index (χ1v) is 11.3. The van der Waals surface area contributed by atoms with Gasteiger partial charge in [-0.1, -0.05) is 60.1 Å². The predicted octanol–water partition coefficient (Wildman–Crippen LogP) is 4.20. The summed E-state index contributed by atoms with van der Waals surface area (Å²) in [6.45, 7) is -0.284. The van der Waals surface area contributed by atoms with Crippen LogP contribution in [0, 0.1) is 0 Å². The minimum Gasteiger partial charge on any atom is -0.495 e. The van der Waals surface area contributed by atoms with E-state index in [-0.39, 0.29) is 28.9 Å². The molecule has 0 spiro atoms. The molecular formula is C23H23ClN2O4S. The van der Waals surface area contributed by atoms with Crippen LogP contribution in [0.25, 0.3) is 0 Å². The van der Waals surface area contributed by atoms with Crippen LogP contribution in [0.3, 0.4) is 0 Å².